The monoisotopic (exact) mass is 473 g/mol. The van der Waals surface area contributed by atoms with Crippen LogP contribution in [0.4, 0.5) is 5.95 Å². The van der Waals surface area contributed by atoms with Crippen LogP contribution in [0.25, 0.3) is 10.8 Å². The quantitative estimate of drug-likeness (QED) is 0.410. The van der Waals surface area contributed by atoms with E-state index in [1.165, 1.54) is 24.6 Å². The highest BCUT2D eigenvalue weighted by molar-refractivity contribution is 7.99. The van der Waals surface area contributed by atoms with Crippen molar-refractivity contribution in [1.82, 2.24) is 29.9 Å². The molecule has 1 aliphatic carbocycles. The van der Waals surface area contributed by atoms with Gasteiger partial charge in [-0.25, -0.2) is 0 Å². The minimum atomic E-state index is 0.0424. The summed E-state index contributed by atoms with van der Waals surface area (Å²) in [4.78, 5) is 18.1. The molecule has 0 radical (unpaired) electrons. The van der Waals surface area contributed by atoms with Crippen molar-refractivity contribution in [1.29, 1.82) is 0 Å². The maximum atomic E-state index is 13.1. The smallest absolute Gasteiger partial charge is 0.257 e. The predicted molar refractivity (Wildman–Crippen MR) is 124 cm³/mol. The van der Waals surface area contributed by atoms with Gasteiger partial charge in [0.15, 0.2) is 5.16 Å². The summed E-state index contributed by atoms with van der Waals surface area (Å²) in [5.74, 6) is 2.28. The fourth-order valence-corrected chi connectivity index (χ4v) is 5.46. The van der Waals surface area contributed by atoms with E-state index in [4.69, 9.17) is 4.42 Å². The topological polar surface area (TPSA) is 93.2 Å². The van der Waals surface area contributed by atoms with Gasteiger partial charge >= 0.3 is 0 Å². The molecule has 4 heterocycles. The van der Waals surface area contributed by atoms with Gasteiger partial charge < -0.3 is 14.2 Å². The van der Waals surface area contributed by atoms with Crippen molar-refractivity contribution in [3.05, 3.63) is 23.4 Å². The van der Waals surface area contributed by atoms with Gasteiger partial charge in [0.2, 0.25) is 17.7 Å². The van der Waals surface area contributed by atoms with Crippen LogP contribution in [0, 0.1) is 0 Å². The van der Waals surface area contributed by atoms with Gasteiger partial charge in [0.25, 0.3) is 5.89 Å². The van der Waals surface area contributed by atoms with Crippen LogP contribution >= 0.6 is 23.1 Å². The van der Waals surface area contributed by atoms with Crippen LogP contribution in [-0.4, -0.2) is 61.2 Å². The minimum absolute atomic E-state index is 0.0424. The third kappa shape index (κ3) is 4.68. The molecule has 5 rings (SSSR count). The van der Waals surface area contributed by atoms with E-state index in [0.29, 0.717) is 36.7 Å². The van der Waals surface area contributed by atoms with E-state index < -0.39 is 0 Å². The Labute approximate surface area is 195 Å². The van der Waals surface area contributed by atoms with E-state index in [1.54, 1.807) is 16.2 Å². The number of thioether (sulfide) groups is 1. The van der Waals surface area contributed by atoms with Crippen molar-refractivity contribution in [3.8, 4) is 10.8 Å². The van der Waals surface area contributed by atoms with Crippen LogP contribution in [0.1, 0.15) is 51.0 Å². The Balaban J connectivity index is 1.24. The summed E-state index contributed by atoms with van der Waals surface area (Å²) in [6.45, 7) is 5.10. The van der Waals surface area contributed by atoms with Gasteiger partial charge in [-0.3, -0.25) is 9.36 Å². The van der Waals surface area contributed by atoms with E-state index in [1.807, 2.05) is 17.5 Å². The molecule has 0 bridgehead atoms. The van der Waals surface area contributed by atoms with Crippen molar-refractivity contribution >= 4 is 35.0 Å². The number of aromatic nitrogens is 5. The molecule has 2 fully saturated rings. The summed E-state index contributed by atoms with van der Waals surface area (Å²) in [7, 11) is 0. The summed E-state index contributed by atoms with van der Waals surface area (Å²) in [5.41, 5.74) is 0. The van der Waals surface area contributed by atoms with Crippen molar-refractivity contribution in [2.45, 2.75) is 56.8 Å². The highest BCUT2D eigenvalue weighted by atomic mass is 32.2. The molecule has 0 aromatic carbocycles. The molecule has 11 heteroatoms. The number of hydrogen-bond donors (Lipinski definition) is 0. The minimum Gasteiger partial charge on any atom is -0.418 e. The average molecular weight is 474 g/mol. The Kier molecular flexibility index (Phi) is 6.44. The van der Waals surface area contributed by atoms with Crippen LogP contribution in [0.3, 0.4) is 0 Å². The third-order valence-electron chi connectivity index (χ3n) is 5.64. The maximum Gasteiger partial charge on any atom is 0.257 e. The fourth-order valence-electron chi connectivity index (χ4n) is 3.91. The number of amides is 1. The molecule has 1 saturated heterocycles. The van der Waals surface area contributed by atoms with E-state index in [-0.39, 0.29) is 5.91 Å². The van der Waals surface area contributed by atoms with E-state index >= 15 is 0 Å². The summed E-state index contributed by atoms with van der Waals surface area (Å²) in [6.07, 6.45) is 5.58. The number of rotatable bonds is 10. The zero-order chi connectivity index (χ0) is 21.9. The summed E-state index contributed by atoms with van der Waals surface area (Å²) in [5, 5.41) is 20.0. The molecular formula is C21H27N7O2S2. The normalized spacial score (nSPS) is 16.1. The summed E-state index contributed by atoms with van der Waals surface area (Å²) in [6, 6.07) is 4.36. The van der Waals surface area contributed by atoms with Gasteiger partial charge in [-0.05, 0) is 43.6 Å². The second kappa shape index (κ2) is 9.62. The molecular weight excluding hydrogens is 446 g/mol. The molecule has 3 aromatic rings. The van der Waals surface area contributed by atoms with Crippen molar-refractivity contribution in [3.63, 3.8) is 0 Å². The number of hydrogen-bond acceptors (Lipinski definition) is 9. The van der Waals surface area contributed by atoms with Gasteiger partial charge in [0, 0.05) is 25.7 Å². The van der Waals surface area contributed by atoms with Crippen molar-refractivity contribution in [2.75, 3.05) is 30.3 Å². The second-order valence-electron chi connectivity index (χ2n) is 8.16. The number of carbonyl (C=O) groups is 1. The van der Waals surface area contributed by atoms with Crippen LogP contribution in [0.2, 0.25) is 0 Å². The standard InChI is InChI=1S/C21H27N7O2S2/c1-2-9-27(13-17-22-23-19(30-17)16-6-5-12-31-16)18(29)14-32-21-25-24-20(26-10-3-4-11-26)28(21)15-7-8-15/h5-6,12,15H,2-4,7-11,13-14H2,1H3. The first-order valence-electron chi connectivity index (χ1n) is 11.2. The first-order chi connectivity index (χ1) is 15.7. The highest BCUT2D eigenvalue weighted by Gasteiger charge is 2.32. The number of carbonyl (C=O) groups excluding carboxylic acids is 1. The first-order valence-corrected chi connectivity index (χ1v) is 13.1. The lowest BCUT2D eigenvalue weighted by Gasteiger charge is -2.20. The molecule has 9 nitrogen and oxygen atoms in total. The van der Waals surface area contributed by atoms with Crippen molar-refractivity contribution < 1.29 is 9.21 Å². The molecule has 1 aliphatic heterocycles. The Bertz CT molecular complexity index is 1040. The summed E-state index contributed by atoms with van der Waals surface area (Å²) < 4.78 is 8.04. The molecule has 3 aromatic heterocycles. The second-order valence-corrected chi connectivity index (χ2v) is 10.1. The van der Waals surface area contributed by atoms with Gasteiger partial charge in [0.05, 0.1) is 17.2 Å². The highest BCUT2D eigenvalue weighted by Crippen LogP contribution is 2.41. The first kappa shape index (κ1) is 21.4. The third-order valence-corrected chi connectivity index (χ3v) is 7.43. The molecule has 0 unspecified atom stereocenters. The predicted octanol–water partition coefficient (Wildman–Crippen LogP) is 3.86. The molecule has 1 amide bonds. The molecule has 0 spiro atoms. The largest absolute Gasteiger partial charge is 0.418 e. The van der Waals surface area contributed by atoms with Crippen LogP contribution < -0.4 is 4.90 Å². The molecule has 0 atom stereocenters. The molecule has 0 N–H and O–H groups in total. The van der Waals surface area contributed by atoms with Gasteiger partial charge in [-0.15, -0.1) is 31.7 Å². The van der Waals surface area contributed by atoms with Gasteiger partial charge in [-0.2, -0.15) is 0 Å². The number of anilines is 1. The van der Waals surface area contributed by atoms with Crippen LogP contribution in [0.5, 0.6) is 0 Å². The zero-order valence-electron chi connectivity index (χ0n) is 18.1. The SMILES string of the molecule is CCCN(Cc1nnc(-c2cccs2)o1)C(=O)CSc1nnc(N2CCCC2)n1C1CC1. The zero-order valence-corrected chi connectivity index (χ0v) is 19.8. The van der Waals surface area contributed by atoms with E-state index in [2.05, 4.69) is 36.8 Å². The lowest BCUT2D eigenvalue weighted by Crippen LogP contribution is -2.33. The molecule has 2 aliphatic rings. The maximum absolute atomic E-state index is 13.1. The fraction of sp³-hybridized carbons (Fsp3) is 0.571. The Morgan fingerprint density at radius 2 is 2.09 bits per heavy atom. The van der Waals surface area contributed by atoms with Crippen LogP contribution in [-0.2, 0) is 11.3 Å². The van der Waals surface area contributed by atoms with Gasteiger partial charge in [0.1, 0.15) is 0 Å². The number of thiophene rings is 1. The van der Waals surface area contributed by atoms with E-state index in [0.717, 1.165) is 48.3 Å². The Morgan fingerprint density at radius 1 is 1.25 bits per heavy atom. The lowest BCUT2D eigenvalue weighted by atomic mass is 10.4. The van der Waals surface area contributed by atoms with Crippen molar-refractivity contribution in [2.24, 2.45) is 0 Å². The summed E-state index contributed by atoms with van der Waals surface area (Å²) >= 11 is 3.03. The lowest BCUT2D eigenvalue weighted by molar-refractivity contribution is -0.129. The van der Waals surface area contributed by atoms with E-state index in [9.17, 15) is 4.79 Å². The molecule has 1 saturated carbocycles. The van der Waals surface area contributed by atoms with Gasteiger partial charge in [-0.1, -0.05) is 24.8 Å². The Morgan fingerprint density at radius 3 is 2.81 bits per heavy atom. The number of nitrogens with zero attached hydrogens (tertiary/aromatic N) is 7. The van der Waals surface area contributed by atoms with Crippen LogP contribution in [0.15, 0.2) is 27.1 Å². The molecule has 170 valence electrons. The Hall–Kier alpha value is -2.40. The average Bonchev–Trinajstić information content (AvgIpc) is 3.32. The molecule has 32 heavy (non-hydrogen) atoms.